The number of aliphatic hydroxyl groups is 1. The number of carbonyl (C=O) groups is 2. The van der Waals surface area contributed by atoms with Crippen LogP contribution in [0.2, 0.25) is 0 Å². The summed E-state index contributed by atoms with van der Waals surface area (Å²) in [7, 11) is 4.58. The van der Waals surface area contributed by atoms with Gasteiger partial charge < -0.3 is 40.8 Å². The first-order valence-electron chi connectivity index (χ1n) is 14.4. The van der Waals surface area contributed by atoms with Crippen molar-refractivity contribution in [2.45, 2.75) is 57.6 Å². The van der Waals surface area contributed by atoms with Crippen molar-refractivity contribution in [2.75, 3.05) is 21.3 Å². The van der Waals surface area contributed by atoms with E-state index in [-0.39, 0.29) is 24.8 Å². The molecule has 7 N–H and O–H groups in total. The van der Waals surface area contributed by atoms with Gasteiger partial charge in [-0.2, -0.15) is 0 Å². The average molecular weight is 609 g/mol. The van der Waals surface area contributed by atoms with Crippen molar-refractivity contribution in [3.63, 3.8) is 0 Å². The van der Waals surface area contributed by atoms with Crippen LogP contribution in [0.15, 0.2) is 66.7 Å². The van der Waals surface area contributed by atoms with E-state index in [0.29, 0.717) is 29.2 Å². The van der Waals surface area contributed by atoms with Gasteiger partial charge in [-0.3, -0.25) is 14.9 Å². The monoisotopic (exact) mass is 608 g/mol. The lowest BCUT2D eigenvalue weighted by molar-refractivity contribution is -0.133. The van der Waals surface area contributed by atoms with E-state index in [1.54, 1.807) is 51.3 Å². The van der Waals surface area contributed by atoms with E-state index in [0.717, 1.165) is 11.1 Å². The molecule has 11 heteroatoms. The Bertz CT molecular complexity index is 1370. The summed E-state index contributed by atoms with van der Waals surface area (Å²) in [5, 5.41) is 30.4. The molecule has 44 heavy (non-hydrogen) atoms. The number of methoxy groups -OCH3 is 3. The van der Waals surface area contributed by atoms with Crippen molar-refractivity contribution in [3.05, 3.63) is 83.4 Å². The zero-order chi connectivity index (χ0) is 32.2. The Morgan fingerprint density at radius 1 is 0.818 bits per heavy atom. The number of phenolic OH excluding ortho intramolecular Hbond substituents is 1. The van der Waals surface area contributed by atoms with Gasteiger partial charge >= 0.3 is 0 Å². The quantitative estimate of drug-likeness (QED) is 0.143. The molecular formula is C33H44N4O7. The molecular weight excluding hydrogens is 564 g/mol. The van der Waals surface area contributed by atoms with Crippen molar-refractivity contribution in [1.29, 1.82) is 0 Å². The first-order chi connectivity index (χ1) is 21.1. The van der Waals surface area contributed by atoms with Crippen LogP contribution in [0.3, 0.4) is 0 Å². The van der Waals surface area contributed by atoms with Gasteiger partial charge in [-0.05, 0) is 36.1 Å². The van der Waals surface area contributed by atoms with Gasteiger partial charge in [-0.25, -0.2) is 0 Å². The van der Waals surface area contributed by atoms with Gasteiger partial charge in [0.2, 0.25) is 11.8 Å². The second-order valence-electron chi connectivity index (χ2n) is 10.8. The number of benzene rings is 3. The molecule has 0 heterocycles. The fraction of sp³-hybridized carbons (Fsp3) is 0.394. The van der Waals surface area contributed by atoms with E-state index in [1.165, 1.54) is 20.3 Å². The number of amides is 2. The van der Waals surface area contributed by atoms with Gasteiger partial charge in [0.05, 0.1) is 27.4 Å². The molecule has 0 fully saturated rings. The molecule has 0 radical (unpaired) electrons. The number of nitrogens with two attached hydrogens (primary N) is 1. The lowest BCUT2D eigenvalue weighted by atomic mass is 9.95. The van der Waals surface area contributed by atoms with Crippen molar-refractivity contribution in [1.82, 2.24) is 16.0 Å². The van der Waals surface area contributed by atoms with Crippen LogP contribution in [-0.2, 0) is 29.1 Å². The van der Waals surface area contributed by atoms with E-state index >= 15 is 0 Å². The molecule has 0 aromatic heterocycles. The fourth-order valence-electron chi connectivity index (χ4n) is 4.73. The van der Waals surface area contributed by atoms with Gasteiger partial charge in [0, 0.05) is 42.4 Å². The van der Waals surface area contributed by atoms with Crippen LogP contribution >= 0.6 is 0 Å². The highest BCUT2D eigenvalue weighted by molar-refractivity contribution is 5.90. The minimum absolute atomic E-state index is 0.0245. The van der Waals surface area contributed by atoms with Crippen LogP contribution in [0.25, 0.3) is 0 Å². The van der Waals surface area contributed by atoms with Crippen molar-refractivity contribution < 1.29 is 34.0 Å². The van der Waals surface area contributed by atoms with Gasteiger partial charge in [0.25, 0.3) is 0 Å². The van der Waals surface area contributed by atoms with E-state index in [1.807, 2.05) is 30.3 Å². The number of hydrogen-bond donors (Lipinski definition) is 6. The molecule has 0 saturated heterocycles. The zero-order valence-electron chi connectivity index (χ0n) is 25.9. The second-order valence-corrected chi connectivity index (χ2v) is 10.8. The summed E-state index contributed by atoms with van der Waals surface area (Å²) in [6.45, 7) is 3.81. The first kappa shape index (κ1) is 34.2. The Hall–Kier alpha value is -4.32. The molecule has 0 spiro atoms. The zero-order valence-corrected chi connectivity index (χ0v) is 25.9. The van der Waals surface area contributed by atoms with E-state index in [9.17, 15) is 19.8 Å². The van der Waals surface area contributed by atoms with E-state index < -0.39 is 36.0 Å². The van der Waals surface area contributed by atoms with E-state index in [4.69, 9.17) is 19.9 Å². The Morgan fingerprint density at radius 3 is 2.05 bits per heavy atom. The predicted molar refractivity (Wildman–Crippen MR) is 168 cm³/mol. The van der Waals surface area contributed by atoms with Crippen LogP contribution in [0.5, 0.6) is 23.0 Å². The topological polar surface area (TPSA) is 164 Å². The predicted octanol–water partition coefficient (Wildman–Crippen LogP) is 2.26. The second kappa shape index (κ2) is 16.5. The summed E-state index contributed by atoms with van der Waals surface area (Å²) >= 11 is 0. The summed E-state index contributed by atoms with van der Waals surface area (Å²) in [6.07, 6.45) is -0.967. The highest BCUT2D eigenvalue weighted by Gasteiger charge is 2.34. The van der Waals surface area contributed by atoms with Crippen molar-refractivity contribution in [3.8, 4) is 23.0 Å². The minimum atomic E-state index is -1.30. The van der Waals surface area contributed by atoms with Gasteiger partial charge in [-0.15, -0.1) is 0 Å². The average Bonchev–Trinajstić information content (AvgIpc) is 3.03. The lowest BCUT2D eigenvalue weighted by Gasteiger charge is -2.30. The Labute approximate surface area is 258 Å². The molecule has 3 aromatic carbocycles. The number of aromatic hydroxyl groups is 1. The van der Waals surface area contributed by atoms with Crippen molar-refractivity contribution in [2.24, 2.45) is 11.7 Å². The Morgan fingerprint density at radius 2 is 1.45 bits per heavy atom. The number of aliphatic hydroxyl groups excluding tert-OH is 1. The van der Waals surface area contributed by atoms with Crippen LogP contribution in [0.4, 0.5) is 0 Å². The molecule has 2 amide bonds. The Kier molecular flexibility index (Phi) is 12.8. The third-order valence-corrected chi connectivity index (χ3v) is 7.38. The summed E-state index contributed by atoms with van der Waals surface area (Å²) in [4.78, 5) is 27.0. The number of rotatable bonds is 16. The van der Waals surface area contributed by atoms with Crippen LogP contribution in [-0.4, -0.2) is 67.6 Å². The summed E-state index contributed by atoms with van der Waals surface area (Å²) in [6, 6.07) is 16.6. The van der Waals surface area contributed by atoms with Gasteiger partial charge in [0.1, 0.15) is 35.1 Å². The fourth-order valence-corrected chi connectivity index (χ4v) is 4.73. The van der Waals surface area contributed by atoms with Crippen LogP contribution in [0, 0.1) is 5.92 Å². The SMILES string of the molecule is COc1ccc(CNC(=O)[C@@H](NC(=O)[C@H](NCc2ccc(OC)cc2OC)[C@H](O)[C@@H](N)Cc2ccccc2)C(C)C)c(O)c1. The molecule has 0 unspecified atom stereocenters. The maximum atomic E-state index is 13.8. The highest BCUT2D eigenvalue weighted by atomic mass is 16.5. The number of nitrogens with one attached hydrogen (secondary N) is 3. The maximum Gasteiger partial charge on any atom is 0.243 e. The summed E-state index contributed by atoms with van der Waals surface area (Å²) < 4.78 is 15.9. The molecule has 0 saturated carbocycles. The molecule has 0 aliphatic rings. The molecule has 0 bridgehead atoms. The van der Waals surface area contributed by atoms with Crippen LogP contribution in [0.1, 0.15) is 30.5 Å². The van der Waals surface area contributed by atoms with E-state index in [2.05, 4.69) is 16.0 Å². The Balaban J connectivity index is 1.79. The number of carbonyl (C=O) groups excluding carboxylic acids is 2. The maximum absolute atomic E-state index is 13.8. The standard InChI is InChI=1S/C33H44N4O7/c1-20(2)29(32(40)36-18-22-11-13-24(42-3)16-27(22)38)37-33(41)30(31(39)26(34)15-21-9-7-6-8-10-21)35-19-23-12-14-25(43-4)17-28(23)44-5/h6-14,16-17,20,26,29-31,35,38-39H,15,18-19,34H2,1-5H3,(H,36,40)(H,37,41)/t26-,29-,30+,31+/m0/s1. The molecule has 3 aromatic rings. The molecule has 238 valence electrons. The highest BCUT2D eigenvalue weighted by Crippen LogP contribution is 2.25. The minimum Gasteiger partial charge on any atom is -0.507 e. The number of hydrogen-bond acceptors (Lipinski definition) is 9. The molecule has 4 atom stereocenters. The molecule has 3 rings (SSSR count). The van der Waals surface area contributed by atoms with Crippen molar-refractivity contribution >= 4 is 11.8 Å². The normalized spacial score (nSPS) is 13.8. The third-order valence-electron chi connectivity index (χ3n) is 7.38. The number of phenols is 1. The molecule has 11 nitrogen and oxygen atoms in total. The van der Waals surface area contributed by atoms with Gasteiger partial charge in [0.15, 0.2) is 0 Å². The van der Waals surface area contributed by atoms with Crippen LogP contribution < -0.4 is 35.9 Å². The molecule has 0 aliphatic heterocycles. The summed E-state index contributed by atoms with van der Waals surface area (Å²) in [5.74, 6) is 0.292. The summed E-state index contributed by atoms with van der Waals surface area (Å²) in [5.41, 5.74) is 8.56. The smallest absolute Gasteiger partial charge is 0.243 e. The molecule has 0 aliphatic carbocycles. The largest absolute Gasteiger partial charge is 0.507 e. The lowest BCUT2D eigenvalue weighted by Crippen LogP contribution is -2.60. The first-order valence-corrected chi connectivity index (χ1v) is 14.4. The third kappa shape index (κ3) is 9.34. The number of ether oxygens (including phenoxy) is 3. The van der Waals surface area contributed by atoms with Gasteiger partial charge in [-0.1, -0.05) is 50.2 Å².